The van der Waals surface area contributed by atoms with Gasteiger partial charge in [-0.1, -0.05) is 31.5 Å². The number of carbonyl (C=O) groups excluding carboxylic acids is 3. The Bertz CT molecular complexity index is 1100. The Morgan fingerprint density at radius 2 is 1.95 bits per heavy atom. The first-order valence-electron chi connectivity index (χ1n) is 12.2. The molecule has 1 aromatic rings. The molecule has 0 spiro atoms. The van der Waals surface area contributed by atoms with Crippen LogP contribution in [0.1, 0.15) is 47.0 Å². The van der Waals surface area contributed by atoms with Gasteiger partial charge in [-0.3, -0.25) is 9.59 Å². The molecule has 1 aromatic carbocycles. The van der Waals surface area contributed by atoms with Crippen LogP contribution in [0.2, 0.25) is 5.02 Å². The molecule has 1 unspecified atom stereocenters. The van der Waals surface area contributed by atoms with Crippen molar-refractivity contribution in [2.75, 3.05) is 13.2 Å². The largest absolute Gasteiger partial charge is 1.00 e. The number of benzene rings is 1. The zero-order valence-electron chi connectivity index (χ0n) is 22.7. The Hall–Kier alpha value is -1.61. The third kappa shape index (κ3) is 12.2. The van der Waals surface area contributed by atoms with Crippen molar-refractivity contribution in [3.05, 3.63) is 29.3 Å². The molecule has 0 bridgehead atoms. The first kappa shape index (κ1) is 35.4. The van der Waals surface area contributed by atoms with Crippen molar-refractivity contribution in [3.63, 3.8) is 0 Å². The number of aliphatic hydroxyl groups excluding tert-OH is 1. The van der Waals surface area contributed by atoms with Gasteiger partial charge in [-0.2, -0.15) is 0 Å². The minimum Gasteiger partial charge on any atom is -0.746 e. The zero-order valence-corrected chi connectivity index (χ0v) is 26.3. The molecule has 1 fully saturated rings. The van der Waals surface area contributed by atoms with Gasteiger partial charge in [-0.15, -0.1) is 0 Å². The molecule has 1 heterocycles. The van der Waals surface area contributed by atoms with Crippen LogP contribution in [-0.2, 0) is 24.4 Å². The van der Waals surface area contributed by atoms with Gasteiger partial charge in [0.2, 0.25) is 11.8 Å². The quantitative estimate of drug-likeness (QED) is 0.155. The molecule has 4 N–H and O–H groups in total. The first-order valence-corrected chi connectivity index (χ1v) is 14.0. The normalized spacial score (nSPS) is 17.8. The third-order valence-corrected chi connectivity index (χ3v) is 6.88. The minimum absolute atomic E-state index is 0. The van der Waals surface area contributed by atoms with E-state index in [0.29, 0.717) is 23.7 Å². The molecule has 39 heavy (non-hydrogen) atoms. The number of amides is 3. The molecule has 214 valence electrons. The number of hydrogen-bond acceptors (Lipinski definition) is 9. The molecular formula is C24H35ClN3NaO9S. The summed E-state index contributed by atoms with van der Waals surface area (Å²) in [5.41, 5.74) is -3.42. The van der Waals surface area contributed by atoms with Gasteiger partial charge in [0.1, 0.15) is 34.1 Å². The second-order valence-corrected chi connectivity index (χ2v) is 12.1. The van der Waals surface area contributed by atoms with Crippen molar-refractivity contribution < 1.29 is 71.5 Å². The summed E-state index contributed by atoms with van der Waals surface area (Å²) in [6, 6.07) is 3.95. The van der Waals surface area contributed by atoms with Crippen LogP contribution in [0.3, 0.4) is 0 Å². The van der Waals surface area contributed by atoms with Gasteiger partial charge in [0, 0.05) is 17.5 Å². The number of carbonyl (C=O) groups is 3. The molecule has 3 amide bonds. The molecule has 2 rings (SSSR count). The van der Waals surface area contributed by atoms with E-state index < -0.39 is 51.2 Å². The van der Waals surface area contributed by atoms with E-state index in [1.54, 1.807) is 52.0 Å². The second kappa shape index (κ2) is 15.4. The first-order chi connectivity index (χ1) is 17.6. The van der Waals surface area contributed by atoms with Crippen LogP contribution < -0.4 is 50.2 Å². The van der Waals surface area contributed by atoms with Gasteiger partial charge < -0.3 is 35.1 Å². The second-order valence-electron chi connectivity index (χ2n) is 10.2. The van der Waals surface area contributed by atoms with Gasteiger partial charge in [0.25, 0.3) is 0 Å². The van der Waals surface area contributed by atoms with Crippen molar-refractivity contribution in [2.24, 2.45) is 11.8 Å². The van der Waals surface area contributed by atoms with Crippen LogP contribution >= 0.6 is 11.6 Å². The number of aliphatic hydroxyl groups is 1. The summed E-state index contributed by atoms with van der Waals surface area (Å²) in [6.07, 6.45) is -0.713. The average molecular weight is 600 g/mol. The Balaban J connectivity index is 0.00000760. The van der Waals surface area contributed by atoms with E-state index >= 15 is 0 Å². The van der Waals surface area contributed by atoms with Crippen molar-refractivity contribution in [2.45, 2.75) is 70.1 Å². The Morgan fingerprint density at radius 1 is 1.28 bits per heavy atom. The molecule has 1 aliphatic rings. The molecule has 1 aliphatic heterocycles. The summed E-state index contributed by atoms with van der Waals surface area (Å²) in [5, 5.41) is 17.9. The molecule has 4 atom stereocenters. The summed E-state index contributed by atoms with van der Waals surface area (Å²) < 4.78 is 45.6. The third-order valence-electron chi connectivity index (χ3n) is 5.73. The molecule has 15 heteroatoms. The number of nitrogens with one attached hydrogen (secondary N) is 3. The zero-order chi connectivity index (χ0) is 28.7. The fourth-order valence-corrected chi connectivity index (χ4v) is 4.67. The van der Waals surface area contributed by atoms with E-state index in [1.165, 1.54) is 0 Å². The average Bonchev–Trinajstić information content (AvgIpc) is 3.19. The number of hydrogen-bond donors (Lipinski definition) is 4. The molecule has 0 aromatic heterocycles. The van der Waals surface area contributed by atoms with E-state index in [1.807, 2.05) is 0 Å². The van der Waals surface area contributed by atoms with E-state index in [2.05, 4.69) is 16.0 Å². The van der Waals surface area contributed by atoms with Crippen LogP contribution in [0.15, 0.2) is 24.3 Å². The minimum atomic E-state index is -5.21. The molecular weight excluding hydrogens is 565 g/mol. The number of ether oxygens (including phenoxy) is 2. The topological polar surface area (TPSA) is 183 Å². The molecule has 0 saturated carbocycles. The van der Waals surface area contributed by atoms with Crippen LogP contribution in [0.4, 0.5) is 4.79 Å². The standard InChI is InChI=1S/C24H36ClN3O9S.Na/c1-14(2)10-18(28-23(32)36-13-24(3,4)37-17-7-5-6-16(25)12-17)21(30)27-19(22(31)38(33,34)35)11-15-8-9-26-20(15)29;/h5-7,12,14-15,18-19,22,31H,8-11,13H2,1-4H3,(H,26,29)(H,27,30)(H,28,32)(H,33,34,35);/q;+1/p-1/t15-,18-,19-,22?;/m0./s1. The fourth-order valence-electron chi connectivity index (χ4n) is 3.91. The number of halogens is 1. The SMILES string of the molecule is CC(C)C[C@H](NC(=O)OCC(C)(C)Oc1cccc(Cl)c1)C(=O)N[C@@H](C[C@@H]1CCNC1=O)C(O)S(=O)(=O)[O-].[Na+]. The number of rotatable bonds is 13. The molecule has 0 aliphatic carbocycles. The summed E-state index contributed by atoms with van der Waals surface area (Å²) in [7, 11) is -5.21. The van der Waals surface area contributed by atoms with Crippen molar-refractivity contribution >= 4 is 39.6 Å². The van der Waals surface area contributed by atoms with E-state index in [4.69, 9.17) is 21.1 Å². The maximum absolute atomic E-state index is 13.1. The predicted molar refractivity (Wildman–Crippen MR) is 137 cm³/mol. The maximum Gasteiger partial charge on any atom is 1.00 e. The van der Waals surface area contributed by atoms with Gasteiger partial charge >= 0.3 is 35.7 Å². The number of alkyl carbamates (subject to hydrolysis) is 1. The van der Waals surface area contributed by atoms with Gasteiger partial charge in [0.15, 0.2) is 5.44 Å². The van der Waals surface area contributed by atoms with Gasteiger partial charge in [-0.25, -0.2) is 13.2 Å². The van der Waals surface area contributed by atoms with Crippen molar-refractivity contribution in [3.8, 4) is 5.75 Å². The maximum atomic E-state index is 13.1. The predicted octanol–water partition coefficient (Wildman–Crippen LogP) is -1.48. The van der Waals surface area contributed by atoms with Crippen LogP contribution in [0.5, 0.6) is 5.75 Å². The summed E-state index contributed by atoms with van der Waals surface area (Å²) in [5.74, 6) is -1.52. The van der Waals surface area contributed by atoms with Crippen LogP contribution in [0.25, 0.3) is 0 Å². The van der Waals surface area contributed by atoms with Gasteiger partial charge in [0.05, 0.1) is 6.04 Å². The Kier molecular flexibility index (Phi) is 14.0. The molecule has 0 radical (unpaired) electrons. The van der Waals surface area contributed by atoms with Crippen LogP contribution in [0, 0.1) is 11.8 Å². The Labute approximate surface area is 255 Å². The fraction of sp³-hybridized carbons (Fsp3) is 0.625. The van der Waals surface area contributed by atoms with Crippen molar-refractivity contribution in [1.82, 2.24) is 16.0 Å². The van der Waals surface area contributed by atoms with Gasteiger partial charge in [-0.05, 0) is 57.2 Å². The Morgan fingerprint density at radius 3 is 2.49 bits per heavy atom. The van der Waals surface area contributed by atoms with Crippen LogP contribution in [-0.4, -0.2) is 72.3 Å². The smallest absolute Gasteiger partial charge is 0.746 e. The molecule has 12 nitrogen and oxygen atoms in total. The van der Waals surface area contributed by atoms with E-state index in [9.17, 15) is 32.5 Å². The summed E-state index contributed by atoms with van der Waals surface area (Å²) in [4.78, 5) is 37.6. The summed E-state index contributed by atoms with van der Waals surface area (Å²) >= 11 is 5.97. The van der Waals surface area contributed by atoms with E-state index in [-0.39, 0.29) is 60.8 Å². The monoisotopic (exact) mass is 599 g/mol. The van der Waals surface area contributed by atoms with Crippen molar-refractivity contribution in [1.29, 1.82) is 0 Å². The summed E-state index contributed by atoms with van der Waals surface area (Å²) in [6.45, 7) is 7.14. The molecule has 1 saturated heterocycles. The van der Waals surface area contributed by atoms with E-state index in [0.717, 1.165) is 0 Å².